The summed E-state index contributed by atoms with van der Waals surface area (Å²) in [7, 11) is 0. The van der Waals surface area contributed by atoms with Gasteiger partial charge in [0.2, 0.25) is 0 Å². The molecule has 0 amide bonds. The molecule has 1 aliphatic carbocycles. The van der Waals surface area contributed by atoms with Gasteiger partial charge in [-0.05, 0) is 37.0 Å². The largest absolute Gasteiger partial charge is 0.490 e. The molecule has 0 aromatic heterocycles. The molecule has 2 aromatic rings. The highest BCUT2D eigenvalue weighted by Gasteiger charge is 2.43. The molecule has 0 saturated carbocycles. The number of Topliss-reactive ketones (excluding diaryl/α,β-unsaturated/α-hetero) is 1. The summed E-state index contributed by atoms with van der Waals surface area (Å²) in [6.45, 7) is 6.04. The van der Waals surface area contributed by atoms with Crippen molar-refractivity contribution in [2.24, 2.45) is 5.41 Å². The first-order valence-corrected chi connectivity index (χ1v) is 11.1. The second-order valence-electron chi connectivity index (χ2n) is 9.25. The maximum Gasteiger partial charge on any atom is 0.336 e. The number of carbonyl (C=O) groups excluding carboxylic acids is 2. The van der Waals surface area contributed by atoms with Crippen molar-refractivity contribution in [1.82, 2.24) is 5.32 Å². The molecule has 0 radical (unpaired) electrons. The molecule has 1 atom stereocenters. The fraction of sp³-hybridized carbons (Fsp3) is 0.333. The lowest BCUT2D eigenvalue weighted by atomic mass is 9.68. The topological polar surface area (TPSA) is 64.6 Å². The summed E-state index contributed by atoms with van der Waals surface area (Å²) >= 11 is 0. The van der Waals surface area contributed by atoms with Gasteiger partial charge in [-0.3, -0.25) is 4.79 Å². The summed E-state index contributed by atoms with van der Waals surface area (Å²) in [5, 5.41) is 3.25. The van der Waals surface area contributed by atoms with Gasteiger partial charge >= 0.3 is 5.97 Å². The maximum absolute atomic E-state index is 14.9. The zero-order valence-electron chi connectivity index (χ0n) is 19.1. The lowest BCUT2D eigenvalue weighted by Crippen LogP contribution is -2.39. The first-order chi connectivity index (χ1) is 15.8. The van der Waals surface area contributed by atoms with E-state index >= 15 is 0 Å². The first kappa shape index (κ1) is 22.8. The van der Waals surface area contributed by atoms with E-state index in [0.717, 1.165) is 5.70 Å². The van der Waals surface area contributed by atoms with Crippen LogP contribution in [0.15, 0.2) is 77.1 Å². The Morgan fingerprint density at radius 1 is 1.06 bits per heavy atom. The summed E-state index contributed by atoms with van der Waals surface area (Å²) < 4.78 is 26.0. The van der Waals surface area contributed by atoms with E-state index in [9.17, 15) is 14.0 Å². The molecule has 4 rings (SSSR count). The second kappa shape index (κ2) is 9.22. The summed E-state index contributed by atoms with van der Waals surface area (Å²) in [5.41, 5.74) is 2.12. The molecule has 5 nitrogen and oxygen atoms in total. The number of dihydropyridines is 1. The van der Waals surface area contributed by atoms with Crippen LogP contribution in [0.5, 0.6) is 5.75 Å². The average molecular weight is 450 g/mol. The standard InChI is InChI=1S/C27H28FNO4/c1-17-23(26(31)33-14-13-32-18-9-5-4-6-10-18)24(19-11-7-8-12-20(19)28)25-21(29-17)15-27(2,3)16-22(25)30/h4-12,24,29H,13-16H2,1-3H3. The molecule has 0 saturated heterocycles. The number of carbonyl (C=O) groups is 2. The number of ketones is 1. The number of hydrogen-bond acceptors (Lipinski definition) is 5. The third kappa shape index (κ3) is 4.85. The van der Waals surface area contributed by atoms with E-state index in [1.165, 1.54) is 6.07 Å². The van der Waals surface area contributed by atoms with Gasteiger partial charge in [0.1, 0.15) is 24.8 Å². The molecule has 1 unspecified atom stereocenters. The normalized spacial score (nSPS) is 19.6. The van der Waals surface area contributed by atoms with Crippen LogP contribution in [0.4, 0.5) is 4.39 Å². The molecule has 6 heteroatoms. The molecule has 33 heavy (non-hydrogen) atoms. The zero-order valence-corrected chi connectivity index (χ0v) is 19.1. The van der Waals surface area contributed by atoms with Crippen molar-refractivity contribution in [2.75, 3.05) is 13.2 Å². The van der Waals surface area contributed by atoms with Gasteiger partial charge in [0, 0.05) is 29.0 Å². The van der Waals surface area contributed by atoms with Crippen LogP contribution in [0.1, 0.15) is 45.1 Å². The van der Waals surface area contributed by atoms with Crippen LogP contribution in [-0.4, -0.2) is 25.0 Å². The van der Waals surface area contributed by atoms with E-state index in [-0.39, 0.29) is 30.0 Å². The van der Waals surface area contributed by atoms with Gasteiger partial charge in [-0.15, -0.1) is 0 Å². The lowest BCUT2D eigenvalue weighted by Gasteiger charge is -2.39. The first-order valence-electron chi connectivity index (χ1n) is 11.1. The fourth-order valence-electron chi connectivity index (χ4n) is 4.62. The Bertz CT molecular complexity index is 1130. The van der Waals surface area contributed by atoms with Crippen molar-refractivity contribution in [1.29, 1.82) is 0 Å². The predicted octanol–water partition coefficient (Wildman–Crippen LogP) is 5.05. The highest BCUT2D eigenvalue weighted by atomic mass is 19.1. The summed E-state index contributed by atoms with van der Waals surface area (Å²) in [6, 6.07) is 15.5. The van der Waals surface area contributed by atoms with Crippen LogP contribution in [0.25, 0.3) is 0 Å². The van der Waals surface area contributed by atoms with E-state index in [4.69, 9.17) is 9.47 Å². The van der Waals surface area contributed by atoms with Crippen LogP contribution < -0.4 is 10.1 Å². The average Bonchev–Trinajstić information content (AvgIpc) is 2.76. The molecular formula is C27H28FNO4. The van der Waals surface area contributed by atoms with Gasteiger partial charge in [-0.1, -0.05) is 50.2 Å². The summed E-state index contributed by atoms with van der Waals surface area (Å²) in [4.78, 5) is 26.4. The summed E-state index contributed by atoms with van der Waals surface area (Å²) in [6.07, 6.45) is 0.981. The van der Waals surface area contributed by atoms with Gasteiger partial charge in [0.15, 0.2) is 5.78 Å². The monoisotopic (exact) mass is 449 g/mol. The lowest BCUT2D eigenvalue weighted by molar-refractivity contribution is -0.140. The number of benzene rings is 2. The van der Waals surface area contributed by atoms with Crippen LogP contribution >= 0.6 is 0 Å². The minimum atomic E-state index is -0.811. The molecule has 2 aliphatic rings. The zero-order chi connectivity index (χ0) is 23.6. The number of ether oxygens (including phenoxy) is 2. The van der Waals surface area contributed by atoms with Gasteiger partial charge < -0.3 is 14.8 Å². The van der Waals surface area contributed by atoms with Gasteiger partial charge in [0.25, 0.3) is 0 Å². The van der Waals surface area contributed by atoms with Crippen molar-refractivity contribution < 1.29 is 23.5 Å². The van der Waals surface area contributed by atoms with Crippen LogP contribution in [0, 0.1) is 11.2 Å². The Hall–Kier alpha value is -3.41. The minimum absolute atomic E-state index is 0.0291. The number of esters is 1. The van der Waals surface area contributed by atoms with Crippen molar-refractivity contribution in [3.63, 3.8) is 0 Å². The molecule has 2 aromatic carbocycles. The summed E-state index contributed by atoms with van der Waals surface area (Å²) in [5.74, 6) is -1.26. The highest BCUT2D eigenvalue weighted by Crippen LogP contribution is 2.47. The van der Waals surface area contributed by atoms with E-state index in [0.29, 0.717) is 35.4 Å². The quantitative estimate of drug-likeness (QED) is 0.494. The van der Waals surface area contributed by atoms with Crippen molar-refractivity contribution >= 4 is 11.8 Å². The number of nitrogens with one attached hydrogen (secondary N) is 1. The fourth-order valence-corrected chi connectivity index (χ4v) is 4.62. The van der Waals surface area contributed by atoms with E-state index < -0.39 is 17.7 Å². The molecule has 172 valence electrons. The molecule has 0 fully saturated rings. The number of halogens is 1. The number of rotatable bonds is 6. The number of hydrogen-bond donors (Lipinski definition) is 1. The second-order valence-corrected chi connectivity index (χ2v) is 9.25. The third-order valence-corrected chi connectivity index (χ3v) is 6.00. The highest BCUT2D eigenvalue weighted by molar-refractivity contribution is 6.04. The van der Waals surface area contributed by atoms with Crippen LogP contribution in [0.2, 0.25) is 0 Å². The van der Waals surface area contributed by atoms with Crippen molar-refractivity contribution in [2.45, 2.75) is 39.5 Å². The Morgan fingerprint density at radius 3 is 2.48 bits per heavy atom. The van der Waals surface area contributed by atoms with Gasteiger partial charge in [-0.2, -0.15) is 0 Å². The molecular weight excluding hydrogens is 421 g/mol. The van der Waals surface area contributed by atoms with Crippen molar-refractivity contribution in [3.05, 3.63) is 88.5 Å². The smallest absolute Gasteiger partial charge is 0.336 e. The van der Waals surface area contributed by atoms with E-state index in [1.54, 1.807) is 25.1 Å². The van der Waals surface area contributed by atoms with E-state index in [1.807, 2.05) is 44.2 Å². The Morgan fingerprint density at radius 2 is 1.76 bits per heavy atom. The SMILES string of the molecule is CC1=C(C(=O)OCCOc2ccccc2)C(c2ccccc2F)C2=C(CC(C)(C)CC2=O)N1. The van der Waals surface area contributed by atoms with E-state index in [2.05, 4.69) is 5.32 Å². The Kier molecular flexibility index (Phi) is 6.36. The maximum atomic E-state index is 14.9. The molecule has 0 bridgehead atoms. The number of allylic oxidation sites excluding steroid dienone is 3. The molecule has 1 heterocycles. The van der Waals surface area contributed by atoms with Crippen LogP contribution in [-0.2, 0) is 14.3 Å². The molecule has 0 spiro atoms. The molecule has 1 aliphatic heterocycles. The predicted molar refractivity (Wildman–Crippen MR) is 123 cm³/mol. The third-order valence-electron chi connectivity index (χ3n) is 6.00. The number of para-hydroxylation sites is 1. The van der Waals surface area contributed by atoms with Crippen LogP contribution in [0.3, 0.4) is 0 Å². The Balaban J connectivity index is 1.61. The minimum Gasteiger partial charge on any atom is -0.490 e. The van der Waals surface area contributed by atoms with Gasteiger partial charge in [-0.25, -0.2) is 9.18 Å². The van der Waals surface area contributed by atoms with Crippen molar-refractivity contribution in [3.8, 4) is 5.75 Å². The molecule has 1 N–H and O–H groups in total. The Labute approximate surface area is 193 Å². The van der Waals surface area contributed by atoms with Gasteiger partial charge in [0.05, 0.1) is 11.5 Å².